The Balaban J connectivity index is 1.61. The highest BCUT2D eigenvalue weighted by Gasteiger charge is 2.38. The summed E-state index contributed by atoms with van der Waals surface area (Å²) < 4.78 is 6.18. The Labute approximate surface area is 133 Å². The van der Waals surface area contributed by atoms with Gasteiger partial charge in [0.05, 0.1) is 5.60 Å². The second-order valence-corrected chi connectivity index (χ2v) is 7.16. The van der Waals surface area contributed by atoms with Crippen molar-refractivity contribution in [3.05, 3.63) is 34.9 Å². The molecule has 0 bridgehead atoms. The van der Waals surface area contributed by atoms with Crippen molar-refractivity contribution < 1.29 is 4.74 Å². The first-order chi connectivity index (χ1) is 10.2. The molecular formula is C18H26ClNO. The first kappa shape index (κ1) is 15.3. The van der Waals surface area contributed by atoms with Crippen molar-refractivity contribution in [3.8, 4) is 0 Å². The Kier molecular flexibility index (Phi) is 4.88. The number of rotatable bonds is 3. The third-order valence-corrected chi connectivity index (χ3v) is 5.33. The van der Waals surface area contributed by atoms with Crippen LogP contribution in [0.2, 0.25) is 5.02 Å². The molecule has 1 N–H and O–H groups in total. The van der Waals surface area contributed by atoms with Crippen molar-refractivity contribution in [2.75, 3.05) is 6.61 Å². The summed E-state index contributed by atoms with van der Waals surface area (Å²) in [6.07, 6.45) is 8.81. The van der Waals surface area contributed by atoms with Crippen molar-refractivity contribution in [3.63, 3.8) is 0 Å². The predicted octanol–water partition coefficient (Wildman–Crippen LogP) is 4.87. The molecule has 1 unspecified atom stereocenters. The zero-order valence-electron chi connectivity index (χ0n) is 12.9. The van der Waals surface area contributed by atoms with Crippen LogP contribution in [0.25, 0.3) is 0 Å². The SMILES string of the molecule is C[C@@H](NC1CCOC2(CCCCC2)C1)c1cccc(Cl)c1. The fraction of sp³-hybridized carbons (Fsp3) is 0.667. The van der Waals surface area contributed by atoms with Crippen LogP contribution in [-0.4, -0.2) is 18.2 Å². The lowest BCUT2D eigenvalue weighted by molar-refractivity contribution is -0.110. The van der Waals surface area contributed by atoms with E-state index in [2.05, 4.69) is 24.4 Å². The van der Waals surface area contributed by atoms with Gasteiger partial charge in [0.15, 0.2) is 0 Å². The summed E-state index contributed by atoms with van der Waals surface area (Å²) in [6, 6.07) is 9.08. The molecule has 1 aromatic rings. The van der Waals surface area contributed by atoms with Gasteiger partial charge in [-0.2, -0.15) is 0 Å². The molecule has 3 rings (SSSR count). The lowest BCUT2D eigenvalue weighted by atomic mass is 9.78. The molecule has 1 spiro atoms. The minimum atomic E-state index is 0.169. The monoisotopic (exact) mass is 307 g/mol. The minimum absolute atomic E-state index is 0.169. The smallest absolute Gasteiger partial charge is 0.0697 e. The van der Waals surface area contributed by atoms with E-state index in [1.54, 1.807) is 0 Å². The Morgan fingerprint density at radius 2 is 2.10 bits per heavy atom. The van der Waals surface area contributed by atoms with Gasteiger partial charge in [0.1, 0.15) is 0 Å². The lowest BCUT2D eigenvalue weighted by Crippen LogP contribution is -2.48. The number of hydrogen-bond donors (Lipinski definition) is 1. The number of ether oxygens (including phenoxy) is 1. The number of hydrogen-bond acceptors (Lipinski definition) is 2. The molecule has 21 heavy (non-hydrogen) atoms. The average Bonchev–Trinajstić information content (AvgIpc) is 2.48. The fourth-order valence-corrected chi connectivity index (χ4v) is 4.14. The summed E-state index contributed by atoms with van der Waals surface area (Å²) >= 11 is 6.10. The zero-order valence-corrected chi connectivity index (χ0v) is 13.7. The Bertz CT molecular complexity index is 465. The number of nitrogens with one attached hydrogen (secondary N) is 1. The van der Waals surface area contributed by atoms with Crippen LogP contribution in [0.1, 0.15) is 63.5 Å². The van der Waals surface area contributed by atoms with Crippen molar-refractivity contribution in [2.45, 2.75) is 69.6 Å². The van der Waals surface area contributed by atoms with E-state index in [0.29, 0.717) is 12.1 Å². The van der Waals surface area contributed by atoms with Crippen molar-refractivity contribution in [1.29, 1.82) is 0 Å². The second-order valence-electron chi connectivity index (χ2n) is 6.73. The first-order valence-corrected chi connectivity index (χ1v) is 8.70. The van der Waals surface area contributed by atoms with E-state index in [0.717, 1.165) is 24.5 Å². The van der Waals surface area contributed by atoms with E-state index in [9.17, 15) is 0 Å². The molecule has 1 aliphatic heterocycles. The number of halogens is 1. The van der Waals surface area contributed by atoms with Crippen LogP contribution in [0.15, 0.2) is 24.3 Å². The lowest BCUT2D eigenvalue weighted by Gasteiger charge is -2.44. The van der Waals surface area contributed by atoms with Gasteiger partial charge in [0, 0.05) is 23.7 Å². The van der Waals surface area contributed by atoms with Gasteiger partial charge in [0.25, 0.3) is 0 Å². The highest BCUT2D eigenvalue weighted by Crippen LogP contribution is 2.39. The largest absolute Gasteiger partial charge is 0.375 e. The highest BCUT2D eigenvalue weighted by atomic mass is 35.5. The van der Waals surface area contributed by atoms with E-state index in [1.807, 2.05) is 12.1 Å². The average molecular weight is 308 g/mol. The quantitative estimate of drug-likeness (QED) is 0.860. The van der Waals surface area contributed by atoms with E-state index >= 15 is 0 Å². The third-order valence-electron chi connectivity index (χ3n) is 5.09. The molecule has 1 saturated carbocycles. The van der Waals surface area contributed by atoms with Crippen LogP contribution >= 0.6 is 11.6 Å². The first-order valence-electron chi connectivity index (χ1n) is 8.32. The van der Waals surface area contributed by atoms with Crippen LogP contribution in [0, 0.1) is 0 Å². The molecule has 1 saturated heterocycles. The molecule has 0 amide bonds. The second kappa shape index (κ2) is 6.68. The molecule has 0 radical (unpaired) electrons. The van der Waals surface area contributed by atoms with Gasteiger partial charge in [-0.1, -0.05) is 43.0 Å². The van der Waals surface area contributed by atoms with Gasteiger partial charge in [-0.05, 0) is 50.3 Å². The summed E-state index contributed by atoms with van der Waals surface area (Å²) in [5, 5.41) is 4.61. The van der Waals surface area contributed by atoms with E-state index in [-0.39, 0.29) is 5.60 Å². The normalized spacial score (nSPS) is 26.7. The third kappa shape index (κ3) is 3.80. The molecule has 1 heterocycles. The standard InChI is InChI=1S/C18H26ClNO/c1-14(15-6-5-7-16(19)12-15)20-17-8-11-21-18(13-17)9-3-2-4-10-18/h5-7,12,14,17,20H,2-4,8-11,13H2,1H3/t14-,17?/m1/s1. The van der Waals surface area contributed by atoms with E-state index < -0.39 is 0 Å². The summed E-state index contributed by atoms with van der Waals surface area (Å²) in [6.45, 7) is 3.13. The van der Waals surface area contributed by atoms with Gasteiger partial charge in [-0.25, -0.2) is 0 Å². The van der Waals surface area contributed by atoms with Gasteiger partial charge >= 0.3 is 0 Å². The highest BCUT2D eigenvalue weighted by molar-refractivity contribution is 6.30. The molecular weight excluding hydrogens is 282 g/mol. The maximum absolute atomic E-state index is 6.18. The van der Waals surface area contributed by atoms with Gasteiger partial charge < -0.3 is 10.1 Å². The van der Waals surface area contributed by atoms with Crippen molar-refractivity contribution in [2.24, 2.45) is 0 Å². The molecule has 2 nitrogen and oxygen atoms in total. The molecule has 1 aromatic carbocycles. The molecule has 0 aromatic heterocycles. The summed E-state index contributed by atoms with van der Waals surface area (Å²) in [4.78, 5) is 0. The van der Waals surface area contributed by atoms with Gasteiger partial charge in [-0.3, -0.25) is 0 Å². The van der Waals surface area contributed by atoms with E-state index in [1.165, 1.54) is 37.7 Å². The zero-order chi connectivity index (χ0) is 14.7. The molecule has 3 heteroatoms. The summed E-state index contributed by atoms with van der Waals surface area (Å²) in [5.74, 6) is 0. The van der Waals surface area contributed by atoms with Crippen molar-refractivity contribution >= 4 is 11.6 Å². The summed E-state index contributed by atoms with van der Waals surface area (Å²) in [5.41, 5.74) is 1.44. The Morgan fingerprint density at radius 1 is 1.29 bits per heavy atom. The topological polar surface area (TPSA) is 21.3 Å². The maximum Gasteiger partial charge on any atom is 0.0697 e. The van der Waals surface area contributed by atoms with Gasteiger partial charge in [0.2, 0.25) is 0 Å². The van der Waals surface area contributed by atoms with Crippen LogP contribution < -0.4 is 5.32 Å². The summed E-state index contributed by atoms with van der Waals surface area (Å²) in [7, 11) is 0. The molecule has 1 aliphatic carbocycles. The molecule has 116 valence electrons. The Hall–Kier alpha value is -0.570. The fourth-order valence-electron chi connectivity index (χ4n) is 3.94. The molecule has 2 aliphatic rings. The van der Waals surface area contributed by atoms with Gasteiger partial charge in [-0.15, -0.1) is 0 Å². The minimum Gasteiger partial charge on any atom is -0.375 e. The maximum atomic E-state index is 6.18. The number of benzene rings is 1. The van der Waals surface area contributed by atoms with Crippen LogP contribution in [-0.2, 0) is 4.74 Å². The Morgan fingerprint density at radius 3 is 2.86 bits per heavy atom. The predicted molar refractivity (Wildman–Crippen MR) is 87.8 cm³/mol. The molecule has 2 fully saturated rings. The van der Waals surface area contributed by atoms with Crippen molar-refractivity contribution in [1.82, 2.24) is 5.32 Å². The van der Waals surface area contributed by atoms with Crippen LogP contribution in [0.4, 0.5) is 0 Å². The van der Waals surface area contributed by atoms with Crippen LogP contribution in [0.5, 0.6) is 0 Å². The van der Waals surface area contributed by atoms with E-state index in [4.69, 9.17) is 16.3 Å². The van der Waals surface area contributed by atoms with Crippen LogP contribution in [0.3, 0.4) is 0 Å². The molecule has 2 atom stereocenters.